The summed E-state index contributed by atoms with van der Waals surface area (Å²) in [6.07, 6.45) is -5.92. The zero-order valence-electron chi connectivity index (χ0n) is 15.1. The Kier molecular flexibility index (Phi) is 6.86. The van der Waals surface area contributed by atoms with Gasteiger partial charge >= 0.3 is 12.3 Å². The monoisotopic (exact) mass is 397 g/mol. The van der Waals surface area contributed by atoms with Crippen molar-refractivity contribution in [3.63, 3.8) is 0 Å². The minimum atomic E-state index is -4.80. The molecular weight excluding hydrogens is 379 g/mol. The van der Waals surface area contributed by atoms with Gasteiger partial charge < -0.3 is 19.5 Å². The third-order valence-corrected chi connectivity index (χ3v) is 3.41. The molecule has 1 amide bonds. The van der Waals surface area contributed by atoms with Gasteiger partial charge in [0.2, 0.25) is 0 Å². The fourth-order valence-corrected chi connectivity index (χ4v) is 2.12. The van der Waals surface area contributed by atoms with E-state index in [0.717, 1.165) is 12.1 Å². The summed E-state index contributed by atoms with van der Waals surface area (Å²) in [6, 6.07) is 10.8. The Morgan fingerprint density at radius 2 is 1.57 bits per heavy atom. The van der Waals surface area contributed by atoms with E-state index in [1.165, 1.54) is 31.2 Å². The van der Waals surface area contributed by atoms with E-state index < -0.39 is 30.1 Å². The lowest BCUT2D eigenvalue weighted by molar-refractivity contribution is -0.274. The van der Waals surface area contributed by atoms with E-state index in [1.54, 1.807) is 12.1 Å². The summed E-state index contributed by atoms with van der Waals surface area (Å²) < 4.78 is 50.5. The molecule has 0 fully saturated rings. The van der Waals surface area contributed by atoms with Crippen LogP contribution in [-0.4, -0.2) is 30.9 Å². The van der Waals surface area contributed by atoms with Gasteiger partial charge in [-0.15, -0.1) is 13.2 Å². The minimum Gasteiger partial charge on any atom is -0.494 e. The number of hydrogen-bond acceptors (Lipinski definition) is 5. The first-order valence-electron chi connectivity index (χ1n) is 8.28. The van der Waals surface area contributed by atoms with E-state index in [-0.39, 0.29) is 11.3 Å². The molecule has 0 saturated carbocycles. The maximum atomic E-state index is 12.1. The molecule has 0 radical (unpaired) electrons. The van der Waals surface area contributed by atoms with Gasteiger partial charge in [0.15, 0.2) is 6.10 Å². The second kappa shape index (κ2) is 9.12. The molecule has 9 heteroatoms. The van der Waals surface area contributed by atoms with Crippen LogP contribution in [0.5, 0.6) is 11.5 Å². The molecule has 0 aliphatic rings. The van der Waals surface area contributed by atoms with Gasteiger partial charge in [-0.3, -0.25) is 4.79 Å². The number of ether oxygens (including phenoxy) is 3. The number of alkyl halides is 3. The summed E-state index contributed by atoms with van der Waals surface area (Å²) in [5.41, 5.74) is 0.472. The highest BCUT2D eigenvalue weighted by Gasteiger charge is 2.31. The van der Waals surface area contributed by atoms with E-state index in [0.29, 0.717) is 12.4 Å². The molecule has 2 rings (SSSR count). The zero-order valence-corrected chi connectivity index (χ0v) is 15.1. The van der Waals surface area contributed by atoms with Crippen molar-refractivity contribution in [3.8, 4) is 11.5 Å². The van der Waals surface area contributed by atoms with Crippen molar-refractivity contribution in [1.82, 2.24) is 0 Å². The Morgan fingerprint density at radius 1 is 1.00 bits per heavy atom. The molecule has 0 aliphatic carbocycles. The van der Waals surface area contributed by atoms with Crippen molar-refractivity contribution < 1.29 is 37.0 Å². The van der Waals surface area contributed by atoms with Gasteiger partial charge in [-0.25, -0.2) is 4.79 Å². The Morgan fingerprint density at radius 3 is 2.11 bits per heavy atom. The lowest BCUT2D eigenvalue weighted by Gasteiger charge is -2.14. The highest BCUT2D eigenvalue weighted by Crippen LogP contribution is 2.24. The average Bonchev–Trinajstić information content (AvgIpc) is 2.63. The number of amides is 1. The van der Waals surface area contributed by atoms with E-state index >= 15 is 0 Å². The third kappa shape index (κ3) is 6.49. The molecule has 0 aromatic heterocycles. The predicted molar refractivity (Wildman–Crippen MR) is 94.2 cm³/mol. The number of carbonyl (C=O) groups is 2. The highest BCUT2D eigenvalue weighted by atomic mass is 19.4. The topological polar surface area (TPSA) is 73.9 Å². The van der Waals surface area contributed by atoms with Crippen LogP contribution < -0.4 is 14.8 Å². The first kappa shape index (κ1) is 21.1. The number of benzene rings is 2. The fraction of sp³-hybridized carbons (Fsp3) is 0.263. The van der Waals surface area contributed by atoms with Crippen LogP contribution in [-0.2, 0) is 9.53 Å². The quantitative estimate of drug-likeness (QED) is 0.710. The summed E-state index contributed by atoms with van der Waals surface area (Å²) in [7, 11) is 0. The average molecular weight is 397 g/mol. The van der Waals surface area contributed by atoms with Gasteiger partial charge in [-0.1, -0.05) is 0 Å². The molecule has 1 atom stereocenters. The molecular formula is C19H18F3NO5. The molecule has 0 aliphatic heterocycles. The van der Waals surface area contributed by atoms with Crippen molar-refractivity contribution in [1.29, 1.82) is 0 Å². The number of hydrogen-bond donors (Lipinski definition) is 1. The molecule has 150 valence electrons. The van der Waals surface area contributed by atoms with Crippen LogP contribution in [0.2, 0.25) is 0 Å². The van der Waals surface area contributed by atoms with Crippen LogP contribution in [0.25, 0.3) is 0 Å². The van der Waals surface area contributed by atoms with Gasteiger partial charge in [0, 0.05) is 5.69 Å². The minimum absolute atomic E-state index is 0.225. The van der Waals surface area contributed by atoms with Crippen LogP contribution in [0, 0.1) is 0 Å². The van der Waals surface area contributed by atoms with Crippen LogP contribution in [0.15, 0.2) is 48.5 Å². The summed E-state index contributed by atoms with van der Waals surface area (Å²) in [5, 5.41) is 2.44. The van der Waals surface area contributed by atoms with Crippen molar-refractivity contribution in [2.24, 2.45) is 0 Å². The van der Waals surface area contributed by atoms with Crippen molar-refractivity contribution in [2.45, 2.75) is 26.3 Å². The molecule has 1 unspecified atom stereocenters. The van der Waals surface area contributed by atoms with Gasteiger partial charge in [-0.05, 0) is 62.4 Å². The van der Waals surface area contributed by atoms with Crippen LogP contribution in [0.3, 0.4) is 0 Å². The van der Waals surface area contributed by atoms with Crippen LogP contribution in [0.1, 0.15) is 24.2 Å². The molecule has 0 saturated heterocycles. The summed E-state index contributed by atoms with van der Waals surface area (Å²) in [5.74, 6) is -1.15. The first-order chi connectivity index (χ1) is 13.2. The molecule has 0 spiro atoms. The van der Waals surface area contributed by atoms with E-state index in [4.69, 9.17) is 9.47 Å². The number of carbonyl (C=O) groups excluding carboxylic acids is 2. The number of anilines is 1. The lowest BCUT2D eigenvalue weighted by Crippen LogP contribution is -2.30. The molecule has 0 bridgehead atoms. The standard InChI is InChI=1S/C19H18F3NO5/c1-3-26-15-8-4-13(5-9-15)18(25)27-12(2)17(24)23-14-6-10-16(11-7-14)28-19(20,21)22/h4-12H,3H2,1-2H3,(H,23,24). The first-order valence-corrected chi connectivity index (χ1v) is 8.28. The normalized spacial score (nSPS) is 12.0. The van der Waals surface area contributed by atoms with Crippen LogP contribution in [0.4, 0.5) is 18.9 Å². The van der Waals surface area contributed by atoms with Crippen molar-refractivity contribution in [2.75, 3.05) is 11.9 Å². The molecule has 6 nitrogen and oxygen atoms in total. The predicted octanol–water partition coefficient (Wildman–Crippen LogP) is 4.17. The van der Waals surface area contributed by atoms with E-state index in [1.807, 2.05) is 6.92 Å². The van der Waals surface area contributed by atoms with Crippen LogP contribution >= 0.6 is 0 Å². The van der Waals surface area contributed by atoms with E-state index in [2.05, 4.69) is 10.1 Å². The van der Waals surface area contributed by atoms with Gasteiger partial charge in [-0.2, -0.15) is 0 Å². The molecule has 2 aromatic carbocycles. The largest absolute Gasteiger partial charge is 0.573 e. The second-order valence-corrected chi connectivity index (χ2v) is 5.57. The zero-order chi connectivity index (χ0) is 20.7. The summed E-state index contributed by atoms with van der Waals surface area (Å²) in [4.78, 5) is 24.2. The molecule has 1 N–H and O–H groups in total. The van der Waals surface area contributed by atoms with Crippen molar-refractivity contribution >= 4 is 17.6 Å². The van der Waals surface area contributed by atoms with Gasteiger partial charge in [0.25, 0.3) is 5.91 Å². The summed E-state index contributed by atoms with van der Waals surface area (Å²) >= 11 is 0. The smallest absolute Gasteiger partial charge is 0.494 e. The number of halogens is 3. The number of nitrogens with one attached hydrogen (secondary N) is 1. The third-order valence-electron chi connectivity index (χ3n) is 3.41. The van der Waals surface area contributed by atoms with Gasteiger partial charge in [0.1, 0.15) is 11.5 Å². The Labute approximate surface area is 159 Å². The number of rotatable bonds is 7. The van der Waals surface area contributed by atoms with E-state index in [9.17, 15) is 22.8 Å². The Bertz CT molecular complexity index is 804. The maximum Gasteiger partial charge on any atom is 0.573 e. The second-order valence-electron chi connectivity index (χ2n) is 5.57. The maximum absolute atomic E-state index is 12.1. The molecule has 28 heavy (non-hydrogen) atoms. The van der Waals surface area contributed by atoms with Gasteiger partial charge in [0.05, 0.1) is 12.2 Å². The Balaban J connectivity index is 1.90. The number of esters is 1. The fourth-order valence-electron chi connectivity index (χ4n) is 2.12. The lowest BCUT2D eigenvalue weighted by atomic mass is 10.2. The SMILES string of the molecule is CCOc1ccc(C(=O)OC(C)C(=O)Nc2ccc(OC(F)(F)F)cc2)cc1. The Hall–Kier alpha value is -3.23. The summed E-state index contributed by atoms with van der Waals surface area (Å²) in [6.45, 7) is 3.70. The van der Waals surface area contributed by atoms with Crippen molar-refractivity contribution in [3.05, 3.63) is 54.1 Å². The molecule has 2 aromatic rings. The highest BCUT2D eigenvalue weighted by molar-refractivity contribution is 5.97. The molecule has 0 heterocycles.